The Labute approximate surface area is 120 Å². The number of carboxylic acid groups (broad SMARTS) is 1. The quantitative estimate of drug-likeness (QED) is 0.844. The second-order valence-electron chi connectivity index (χ2n) is 4.06. The molecule has 7 nitrogen and oxygen atoms in total. The number of nitrogens with zero attached hydrogens (tertiary/aromatic N) is 2. The number of carbonyl (C=O) groups excluding carboxylic acids is 1. The molecule has 1 N–H and O–H groups in total. The van der Waals surface area contributed by atoms with Crippen LogP contribution in [-0.4, -0.2) is 40.5 Å². The molecule has 21 heavy (non-hydrogen) atoms. The van der Waals surface area contributed by atoms with Crippen molar-refractivity contribution in [2.45, 2.75) is 6.92 Å². The van der Waals surface area contributed by atoms with Crippen LogP contribution >= 0.6 is 0 Å². The minimum absolute atomic E-state index is 0.146. The molecule has 1 aromatic carbocycles. The lowest BCUT2D eigenvalue weighted by atomic mass is 10.2. The predicted molar refractivity (Wildman–Crippen MR) is 73.0 cm³/mol. The summed E-state index contributed by atoms with van der Waals surface area (Å²) in [7, 11) is 1.55. The first kappa shape index (κ1) is 14.6. The molecule has 1 heterocycles. The highest BCUT2D eigenvalue weighted by Crippen LogP contribution is 2.17. The number of esters is 1. The van der Waals surface area contributed by atoms with Gasteiger partial charge in [-0.1, -0.05) is 0 Å². The summed E-state index contributed by atoms with van der Waals surface area (Å²) in [4.78, 5) is 22.9. The van der Waals surface area contributed by atoms with Crippen molar-refractivity contribution in [1.29, 1.82) is 0 Å². The molecule has 0 unspecified atom stereocenters. The zero-order valence-electron chi connectivity index (χ0n) is 11.6. The van der Waals surface area contributed by atoms with Gasteiger partial charge in [0, 0.05) is 6.20 Å². The lowest BCUT2D eigenvalue weighted by molar-refractivity contribution is 0.0507. The predicted octanol–water partition coefficient (Wildman–Crippen LogP) is 1.76. The van der Waals surface area contributed by atoms with Gasteiger partial charge >= 0.3 is 11.9 Å². The molecular formula is C14H14N2O5. The fourth-order valence-corrected chi connectivity index (χ4v) is 1.75. The molecule has 0 aliphatic carbocycles. The molecule has 0 fully saturated rings. The van der Waals surface area contributed by atoms with E-state index in [0.29, 0.717) is 11.4 Å². The van der Waals surface area contributed by atoms with E-state index in [1.165, 1.54) is 10.9 Å². The molecule has 0 atom stereocenters. The first-order chi connectivity index (χ1) is 10.1. The van der Waals surface area contributed by atoms with Crippen molar-refractivity contribution in [1.82, 2.24) is 9.78 Å². The molecule has 0 spiro atoms. The molecule has 0 amide bonds. The third kappa shape index (κ3) is 3.02. The van der Waals surface area contributed by atoms with Gasteiger partial charge in [0.15, 0.2) is 5.69 Å². The van der Waals surface area contributed by atoms with E-state index < -0.39 is 11.9 Å². The minimum atomic E-state index is -1.24. The Hall–Kier alpha value is -2.83. The molecule has 0 saturated heterocycles. The topological polar surface area (TPSA) is 90.6 Å². The number of rotatable bonds is 5. The van der Waals surface area contributed by atoms with Crippen LogP contribution in [-0.2, 0) is 4.74 Å². The van der Waals surface area contributed by atoms with Crippen molar-refractivity contribution in [3.63, 3.8) is 0 Å². The highest BCUT2D eigenvalue weighted by Gasteiger charge is 2.23. The van der Waals surface area contributed by atoms with Crippen LogP contribution in [0, 0.1) is 0 Å². The van der Waals surface area contributed by atoms with Crippen molar-refractivity contribution in [2.24, 2.45) is 0 Å². The minimum Gasteiger partial charge on any atom is -0.497 e. The SMILES string of the molecule is CCOC(=O)c1nn(-c2ccc(OC)cc2)cc1C(=O)O. The Morgan fingerprint density at radius 3 is 2.48 bits per heavy atom. The van der Waals surface area contributed by atoms with E-state index in [0.717, 1.165) is 0 Å². The fourth-order valence-electron chi connectivity index (χ4n) is 1.75. The molecule has 2 rings (SSSR count). The number of carbonyl (C=O) groups is 2. The molecule has 1 aromatic heterocycles. The molecule has 0 bridgehead atoms. The van der Waals surface area contributed by atoms with Crippen molar-refractivity contribution >= 4 is 11.9 Å². The molecule has 110 valence electrons. The van der Waals surface area contributed by atoms with Gasteiger partial charge in [0.25, 0.3) is 0 Å². The van der Waals surface area contributed by atoms with Gasteiger partial charge in [0.1, 0.15) is 11.3 Å². The van der Waals surface area contributed by atoms with Gasteiger partial charge < -0.3 is 14.6 Å². The van der Waals surface area contributed by atoms with Crippen molar-refractivity contribution < 1.29 is 24.2 Å². The Balaban J connectivity index is 2.42. The maximum atomic E-state index is 11.7. The summed E-state index contributed by atoms with van der Waals surface area (Å²) >= 11 is 0. The summed E-state index contributed by atoms with van der Waals surface area (Å²) in [5.41, 5.74) is 0.179. The second-order valence-corrected chi connectivity index (χ2v) is 4.06. The van der Waals surface area contributed by atoms with Crippen molar-refractivity contribution in [3.8, 4) is 11.4 Å². The van der Waals surface area contributed by atoms with Crippen LogP contribution in [0.1, 0.15) is 27.8 Å². The van der Waals surface area contributed by atoms with Crippen LogP contribution in [0.4, 0.5) is 0 Å². The first-order valence-corrected chi connectivity index (χ1v) is 6.21. The van der Waals surface area contributed by atoms with E-state index in [9.17, 15) is 9.59 Å². The summed E-state index contributed by atoms with van der Waals surface area (Å²) in [6.07, 6.45) is 1.27. The average Bonchev–Trinajstić information content (AvgIpc) is 2.93. The lowest BCUT2D eigenvalue weighted by Crippen LogP contribution is -2.11. The van der Waals surface area contributed by atoms with E-state index in [4.69, 9.17) is 14.6 Å². The number of hydrogen-bond donors (Lipinski definition) is 1. The molecular weight excluding hydrogens is 276 g/mol. The van der Waals surface area contributed by atoms with Crippen LogP contribution in [0.25, 0.3) is 5.69 Å². The fraction of sp³-hybridized carbons (Fsp3) is 0.214. The number of ether oxygens (including phenoxy) is 2. The Morgan fingerprint density at radius 1 is 1.29 bits per heavy atom. The highest BCUT2D eigenvalue weighted by atomic mass is 16.5. The number of hydrogen-bond acceptors (Lipinski definition) is 5. The van der Waals surface area contributed by atoms with Crippen LogP contribution in [0.3, 0.4) is 0 Å². The van der Waals surface area contributed by atoms with Gasteiger partial charge in [-0.3, -0.25) is 0 Å². The zero-order chi connectivity index (χ0) is 15.4. The van der Waals surface area contributed by atoms with Crippen LogP contribution < -0.4 is 4.74 Å². The number of aromatic carboxylic acids is 1. The smallest absolute Gasteiger partial charge is 0.359 e. The van der Waals surface area contributed by atoms with Gasteiger partial charge in [-0.05, 0) is 31.2 Å². The number of carboxylic acids is 1. The Morgan fingerprint density at radius 2 is 1.95 bits per heavy atom. The van der Waals surface area contributed by atoms with E-state index >= 15 is 0 Å². The second kappa shape index (κ2) is 6.08. The van der Waals surface area contributed by atoms with E-state index in [2.05, 4.69) is 5.10 Å². The molecule has 0 saturated carbocycles. The van der Waals surface area contributed by atoms with Gasteiger partial charge in [0.05, 0.1) is 19.4 Å². The Bertz CT molecular complexity index is 661. The average molecular weight is 290 g/mol. The maximum Gasteiger partial charge on any atom is 0.359 e. The summed E-state index contributed by atoms with van der Waals surface area (Å²) in [5.74, 6) is -1.34. The molecule has 0 aliphatic heterocycles. The van der Waals surface area contributed by atoms with Crippen LogP contribution in [0.15, 0.2) is 30.5 Å². The van der Waals surface area contributed by atoms with Crippen molar-refractivity contribution in [3.05, 3.63) is 41.7 Å². The molecule has 0 radical (unpaired) electrons. The van der Waals surface area contributed by atoms with Gasteiger partial charge in [-0.2, -0.15) is 5.10 Å². The normalized spacial score (nSPS) is 10.2. The Kier molecular flexibility index (Phi) is 4.22. The van der Waals surface area contributed by atoms with E-state index in [-0.39, 0.29) is 17.9 Å². The summed E-state index contributed by atoms with van der Waals surface area (Å²) in [6, 6.07) is 6.82. The maximum absolute atomic E-state index is 11.7. The standard InChI is InChI=1S/C14H14N2O5/c1-3-21-14(19)12-11(13(17)18)8-16(15-12)9-4-6-10(20-2)7-5-9/h4-8H,3H2,1-2H3,(H,17,18). The first-order valence-electron chi connectivity index (χ1n) is 6.21. The van der Waals surface area contributed by atoms with Crippen LogP contribution in [0.2, 0.25) is 0 Å². The lowest BCUT2D eigenvalue weighted by Gasteiger charge is -2.03. The van der Waals surface area contributed by atoms with E-state index in [1.807, 2.05) is 0 Å². The molecule has 2 aromatic rings. The van der Waals surface area contributed by atoms with Crippen molar-refractivity contribution in [2.75, 3.05) is 13.7 Å². The van der Waals surface area contributed by atoms with Crippen LogP contribution in [0.5, 0.6) is 5.75 Å². The molecule has 0 aliphatic rings. The summed E-state index contributed by atoms with van der Waals surface area (Å²) < 4.78 is 11.2. The van der Waals surface area contributed by atoms with Gasteiger partial charge in [-0.25, -0.2) is 14.3 Å². The van der Waals surface area contributed by atoms with Gasteiger partial charge in [-0.15, -0.1) is 0 Å². The monoisotopic (exact) mass is 290 g/mol. The largest absolute Gasteiger partial charge is 0.497 e. The zero-order valence-corrected chi connectivity index (χ0v) is 11.6. The molecule has 7 heteroatoms. The van der Waals surface area contributed by atoms with Gasteiger partial charge in [0.2, 0.25) is 0 Å². The number of aromatic nitrogens is 2. The third-order valence-corrected chi connectivity index (χ3v) is 2.75. The highest BCUT2D eigenvalue weighted by molar-refractivity contribution is 6.00. The number of benzene rings is 1. The van der Waals surface area contributed by atoms with E-state index in [1.54, 1.807) is 38.3 Å². The summed E-state index contributed by atoms with van der Waals surface area (Å²) in [5, 5.41) is 13.1. The summed E-state index contributed by atoms with van der Waals surface area (Å²) in [6.45, 7) is 1.78. The third-order valence-electron chi connectivity index (χ3n) is 2.75. The number of methoxy groups -OCH3 is 1.